The van der Waals surface area contributed by atoms with Crippen LogP contribution in [-0.4, -0.2) is 59.4 Å². The van der Waals surface area contributed by atoms with Crippen molar-refractivity contribution in [1.29, 1.82) is 0 Å². The van der Waals surface area contributed by atoms with Gasteiger partial charge < -0.3 is 25.0 Å². The number of aromatic amines is 1. The summed E-state index contributed by atoms with van der Waals surface area (Å²) in [5.41, 5.74) is 2.77. The van der Waals surface area contributed by atoms with Crippen molar-refractivity contribution in [1.82, 2.24) is 14.9 Å². The molecule has 6 heteroatoms. The maximum Gasteiger partial charge on any atom is 0.201 e. The summed E-state index contributed by atoms with van der Waals surface area (Å²) in [6.45, 7) is 5.95. The molecule has 0 amide bonds. The number of nitrogens with zero attached hydrogens (tertiary/aromatic N) is 2. The van der Waals surface area contributed by atoms with Gasteiger partial charge in [-0.15, -0.1) is 0 Å². The number of anilines is 1. The first-order chi connectivity index (χ1) is 10.8. The fourth-order valence-electron chi connectivity index (χ4n) is 2.77. The average molecular weight is 304 g/mol. The molecule has 120 valence electrons. The first-order valence-electron chi connectivity index (χ1n) is 7.98. The summed E-state index contributed by atoms with van der Waals surface area (Å²) < 4.78 is 5.46. The molecule has 0 atom stereocenters. The van der Waals surface area contributed by atoms with Crippen LogP contribution in [0.5, 0.6) is 0 Å². The Morgan fingerprint density at radius 3 is 3.18 bits per heavy atom. The minimum absolute atomic E-state index is 0.0528. The van der Waals surface area contributed by atoms with Crippen LogP contribution in [-0.2, 0) is 11.3 Å². The summed E-state index contributed by atoms with van der Waals surface area (Å²) in [7, 11) is 0. The number of aliphatic hydroxyl groups excluding tert-OH is 1. The third kappa shape index (κ3) is 3.97. The third-order valence-electron chi connectivity index (χ3n) is 3.99. The van der Waals surface area contributed by atoms with E-state index in [0.717, 1.165) is 74.8 Å². The first-order valence-corrected chi connectivity index (χ1v) is 7.98. The van der Waals surface area contributed by atoms with Crippen LogP contribution in [0.3, 0.4) is 0 Å². The third-order valence-corrected chi connectivity index (χ3v) is 3.99. The highest BCUT2D eigenvalue weighted by atomic mass is 16.5. The number of aliphatic hydroxyl groups is 1. The van der Waals surface area contributed by atoms with E-state index in [4.69, 9.17) is 9.84 Å². The molecule has 0 spiro atoms. The molecule has 1 saturated heterocycles. The standard InChI is InChI=1S/C16H24N4O2/c21-12-13-3-4-14-15(11-13)19-16(18-14)17-5-1-6-20-7-2-9-22-10-8-20/h3-4,11,21H,1-2,5-10,12H2,(H2,17,18,19). The van der Waals surface area contributed by atoms with Crippen LogP contribution in [0, 0.1) is 0 Å². The number of aromatic nitrogens is 2. The molecule has 2 heterocycles. The Labute approximate surface area is 130 Å². The molecule has 0 radical (unpaired) electrons. The van der Waals surface area contributed by atoms with Crippen molar-refractivity contribution in [3.8, 4) is 0 Å². The fraction of sp³-hybridized carbons (Fsp3) is 0.562. The Kier molecular flexibility index (Phi) is 5.26. The molecule has 1 aromatic carbocycles. The van der Waals surface area contributed by atoms with E-state index in [-0.39, 0.29) is 6.61 Å². The van der Waals surface area contributed by atoms with Crippen molar-refractivity contribution < 1.29 is 9.84 Å². The van der Waals surface area contributed by atoms with Crippen LogP contribution in [0.1, 0.15) is 18.4 Å². The van der Waals surface area contributed by atoms with E-state index < -0.39 is 0 Å². The SMILES string of the molecule is OCc1ccc2nc(NCCCN3CCCOCC3)[nH]c2c1. The van der Waals surface area contributed by atoms with Crippen molar-refractivity contribution in [3.05, 3.63) is 23.8 Å². The fourth-order valence-corrected chi connectivity index (χ4v) is 2.77. The highest BCUT2D eigenvalue weighted by molar-refractivity contribution is 5.78. The van der Waals surface area contributed by atoms with Gasteiger partial charge in [0.05, 0.1) is 24.2 Å². The molecule has 3 rings (SSSR count). The summed E-state index contributed by atoms with van der Waals surface area (Å²) >= 11 is 0. The molecule has 3 N–H and O–H groups in total. The van der Waals surface area contributed by atoms with Crippen molar-refractivity contribution in [2.24, 2.45) is 0 Å². The van der Waals surface area contributed by atoms with Crippen LogP contribution < -0.4 is 5.32 Å². The molecule has 1 aliphatic heterocycles. The van der Waals surface area contributed by atoms with E-state index >= 15 is 0 Å². The summed E-state index contributed by atoms with van der Waals surface area (Å²) in [6, 6.07) is 5.76. The molecule has 0 saturated carbocycles. The molecular formula is C16H24N4O2. The Morgan fingerprint density at radius 1 is 1.32 bits per heavy atom. The van der Waals surface area contributed by atoms with E-state index in [1.807, 2.05) is 18.2 Å². The molecule has 1 aromatic heterocycles. The Hall–Kier alpha value is -1.63. The van der Waals surface area contributed by atoms with Gasteiger partial charge in [-0.3, -0.25) is 0 Å². The summed E-state index contributed by atoms with van der Waals surface area (Å²) in [5, 5.41) is 12.5. The topological polar surface area (TPSA) is 73.4 Å². The zero-order valence-corrected chi connectivity index (χ0v) is 12.8. The number of rotatable bonds is 6. The Bertz CT molecular complexity index is 591. The second-order valence-corrected chi connectivity index (χ2v) is 5.68. The van der Waals surface area contributed by atoms with E-state index in [0.29, 0.717) is 0 Å². The number of imidazole rings is 1. The van der Waals surface area contributed by atoms with E-state index in [1.165, 1.54) is 0 Å². The van der Waals surface area contributed by atoms with Crippen molar-refractivity contribution in [3.63, 3.8) is 0 Å². The number of hydrogen-bond donors (Lipinski definition) is 3. The predicted molar refractivity (Wildman–Crippen MR) is 87.0 cm³/mol. The predicted octanol–water partition coefficient (Wildman–Crippen LogP) is 1.58. The van der Waals surface area contributed by atoms with Crippen LogP contribution in [0.25, 0.3) is 11.0 Å². The highest BCUT2D eigenvalue weighted by Gasteiger charge is 2.08. The molecular weight excluding hydrogens is 280 g/mol. The van der Waals surface area contributed by atoms with Crippen LogP contribution in [0.2, 0.25) is 0 Å². The van der Waals surface area contributed by atoms with Gasteiger partial charge >= 0.3 is 0 Å². The summed E-state index contributed by atoms with van der Waals surface area (Å²) in [4.78, 5) is 10.2. The number of nitrogens with one attached hydrogen (secondary N) is 2. The van der Waals surface area contributed by atoms with Crippen molar-refractivity contribution in [2.75, 3.05) is 44.7 Å². The highest BCUT2D eigenvalue weighted by Crippen LogP contribution is 2.16. The summed E-state index contributed by atoms with van der Waals surface area (Å²) in [6.07, 6.45) is 2.21. The second kappa shape index (κ2) is 7.58. The van der Waals surface area contributed by atoms with E-state index in [1.54, 1.807) is 0 Å². The number of H-pyrrole nitrogens is 1. The largest absolute Gasteiger partial charge is 0.392 e. The van der Waals surface area contributed by atoms with Crippen LogP contribution in [0.15, 0.2) is 18.2 Å². The molecule has 1 aliphatic rings. The lowest BCUT2D eigenvalue weighted by Crippen LogP contribution is -2.28. The molecule has 1 fully saturated rings. The number of fused-ring (bicyclic) bond motifs is 1. The minimum Gasteiger partial charge on any atom is -0.392 e. The smallest absolute Gasteiger partial charge is 0.201 e. The van der Waals surface area contributed by atoms with Gasteiger partial charge in [-0.25, -0.2) is 4.98 Å². The van der Waals surface area contributed by atoms with Crippen molar-refractivity contribution >= 4 is 17.0 Å². The summed E-state index contributed by atoms with van der Waals surface area (Å²) in [5.74, 6) is 0.796. The Morgan fingerprint density at radius 2 is 2.27 bits per heavy atom. The van der Waals surface area contributed by atoms with Gasteiger partial charge in [0.2, 0.25) is 5.95 Å². The van der Waals surface area contributed by atoms with Crippen molar-refractivity contribution in [2.45, 2.75) is 19.4 Å². The van der Waals surface area contributed by atoms with Gasteiger partial charge in [-0.05, 0) is 37.1 Å². The zero-order valence-electron chi connectivity index (χ0n) is 12.8. The Balaban J connectivity index is 1.47. The second-order valence-electron chi connectivity index (χ2n) is 5.68. The monoisotopic (exact) mass is 304 g/mol. The minimum atomic E-state index is 0.0528. The first kappa shape index (κ1) is 15.3. The number of benzene rings is 1. The molecule has 2 aromatic rings. The van der Waals surface area contributed by atoms with Gasteiger partial charge in [-0.1, -0.05) is 6.07 Å². The molecule has 6 nitrogen and oxygen atoms in total. The normalized spacial score (nSPS) is 16.8. The number of ether oxygens (including phenoxy) is 1. The lowest BCUT2D eigenvalue weighted by Gasteiger charge is -2.18. The lowest BCUT2D eigenvalue weighted by molar-refractivity contribution is 0.141. The van der Waals surface area contributed by atoms with Crippen LogP contribution in [0.4, 0.5) is 5.95 Å². The van der Waals surface area contributed by atoms with Gasteiger partial charge in [0.1, 0.15) is 0 Å². The van der Waals surface area contributed by atoms with Gasteiger partial charge in [0.25, 0.3) is 0 Å². The number of hydrogen-bond acceptors (Lipinski definition) is 5. The molecule has 0 unspecified atom stereocenters. The van der Waals surface area contributed by atoms with Gasteiger partial charge in [-0.2, -0.15) is 0 Å². The molecule has 0 bridgehead atoms. The maximum absolute atomic E-state index is 9.16. The lowest BCUT2D eigenvalue weighted by atomic mass is 10.2. The van der Waals surface area contributed by atoms with E-state index in [2.05, 4.69) is 20.2 Å². The van der Waals surface area contributed by atoms with Crippen LogP contribution >= 0.6 is 0 Å². The molecule has 22 heavy (non-hydrogen) atoms. The molecule has 0 aliphatic carbocycles. The zero-order chi connectivity index (χ0) is 15.2. The van der Waals surface area contributed by atoms with Gasteiger partial charge in [0.15, 0.2) is 0 Å². The maximum atomic E-state index is 9.16. The quantitative estimate of drug-likeness (QED) is 0.707. The van der Waals surface area contributed by atoms with Gasteiger partial charge in [0, 0.05) is 26.2 Å². The van der Waals surface area contributed by atoms with E-state index in [9.17, 15) is 0 Å². The average Bonchev–Trinajstić information content (AvgIpc) is 2.76.